The van der Waals surface area contributed by atoms with Crippen molar-refractivity contribution in [2.75, 3.05) is 26.7 Å². The van der Waals surface area contributed by atoms with E-state index in [9.17, 15) is 0 Å². The Morgan fingerprint density at radius 3 is 2.22 bits per heavy atom. The molecule has 3 aromatic rings. The molecule has 3 unspecified atom stereocenters. The van der Waals surface area contributed by atoms with Gasteiger partial charge in [0.1, 0.15) is 23.4 Å². The fourth-order valence-electron chi connectivity index (χ4n) is 7.01. The molecule has 0 aliphatic carbocycles. The summed E-state index contributed by atoms with van der Waals surface area (Å²) in [4.78, 5) is 25.2. The van der Waals surface area contributed by atoms with Gasteiger partial charge in [-0.15, -0.1) is 0 Å². The van der Waals surface area contributed by atoms with Gasteiger partial charge in [0.05, 0.1) is 30.9 Å². The monoisotopic (exact) mass is 736 g/mol. The zero-order valence-electron chi connectivity index (χ0n) is 26.2. The van der Waals surface area contributed by atoms with Crippen molar-refractivity contribution in [1.29, 1.82) is 0 Å². The van der Waals surface area contributed by atoms with Gasteiger partial charge in [-0.1, -0.05) is 62.5 Å². The van der Waals surface area contributed by atoms with Gasteiger partial charge in [0.25, 0.3) is 0 Å². The van der Waals surface area contributed by atoms with Crippen LogP contribution in [0.25, 0.3) is 0 Å². The predicted molar refractivity (Wildman–Crippen MR) is 186 cm³/mol. The molecular formula is C36H42Br2N4O3. The van der Waals surface area contributed by atoms with Gasteiger partial charge in [-0.3, -0.25) is 19.6 Å². The number of carbonyl (C=O) groups excluding carboxylic acids is 1. The lowest BCUT2D eigenvalue weighted by molar-refractivity contribution is -0.137. The molecule has 2 fully saturated rings. The third kappa shape index (κ3) is 7.02. The van der Waals surface area contributed by atoms with Crippen molar-refractivity contribution in [1.82, 2.24) is 15.1 Å². The molecule has 2 saturated heterocycles. The van der Waals surface area contributed by atoms with E-state index in [1.807, 2.05) is 49.1 Å². The van der Waals surface area contributed by atoms with Crippen molar-refractivity contribution in [3.8, 4) is 11.5 Å². The van der Waals surface area contributed by atoms with Gasteiger partial charge in [-0.2, -0.15) is 0 Å². The summed E-state index contributed by atoms with van der Waals surface area (Å²) in [6, 6.07) is 22.0. The first-order valence-corrected chi connectivity index (χ1v) is 17.7. The van der Waals surface area contributed by atoms with E-state index < -0.39 is 0 Å². The summed E-state index contributed by atoms with van der Waals surface area (Å²) in [5, 5.41) is 3.50. The Balaban J connectivity index is 1.52. The van der Waals surface area contributed by atoms with E-state index in [4.69, 9.17) is 14.5 Å². The zero-order chi connectivity index (χ0) is 31.5. The maximum absolute atomic E-state index is 15.3. The molecule has 0 saturated carbocycles. The summed E-state index contributed by atoms with van der Waals surface area (Å²) < 4.78 is 14.0. The Labute approximate surface area is 283 Å². The average Bonchev–Trinajstić information content (AvgIpc) is 3.45. The summed E-state index contributed by atoms with van der Waals surface area (Å²) >= 11 is 7.22. The summed E-state index contributed by atoms with van der Waals surface area (Å²) in [5.74, 6) is 2.12. The van der Waals surface area contributed by atoms with Gasteiger partial charge >= 0.3 is 0 Å². The van der Waals surface area contributed by atoms with Gasteiger partial charge < -0.3 is 14.8 Å². The smallest absolute Gasteiger partial charge is 0.246 e. The van der Waals surface area contributed by atoms with Crippen LogP contribution in [0.4, 0.5) is 0 Å². The van der Waals surface area contributed by atoms with E-state index in [1.165, 1.54) is 0 Å². The topological polar surface area (TPSA) is 66.4 Å². The minimum absolute atomic E-state index is 0.0692. The quantitative estimate of drug-likeness (QED) is 0.257. The zero-order valence-corrected chi connectivity index (χ0v) is 29.4. The van der Waals surface area contributed by atoms with Crippen LogP contribution in [0.2, 0.25) is 0 Å². The molecule has 0 radical (unpaired) electrons. The Morgan fingerprint density at radius 2 is 1.58 bits per heavy atom. The summed E-state index contributed by atoms with van der Waals surface area (Å²) in [6.45, 7) is 6.96. The lowest BCUT2D eigenvalue weighted by atomic mass is 9.91. The first-order valence-electron chi connectivity index (χ1n) is 16.1. The van der Waals surface area contributed by atoms with Crippen LogP contribution in [0.5, 0.6) is 11.5 Å². The van der Waals surface area contributed by atoms with Crippen LogP contribution >= 0.6 is 31.9 Å². The molecule has 45 heavy (non-hydrogen) atoms. The van der Waals surface area contributed by atoms with Crippen molar-refractivity contribution in [3.05, 3.63) is 92.4 Å². The number of likely N-dealkylation sites (tertiary alicyclic amines) is 1. The maximum Gasteiger partial charge on any atom is 0.246 e. The fraction of sp³-hybridized carbons (Fsp3) is 0.444. The van der Waals surface area contributed by atoms with Crippen LogP contribution in [-0.4, -0.2) is 66.5 Å². The average molecular weight is 739 g/mol. The third-order valence-electron chi connectivity index (χ3n) is 9.13. The van der Waals surface area contributed by atoms with Crippen LogP contribution < -0.4 is 14.8 Å². The number of benzene rings is 3. The minimum atomic E-state index is -0.326. The second-order valence-electron chi connectivity index (χ2n) is 12.4. The molecule has 6 rings (SSSR count). The van der Waals surface area contributed by atoms with Crippen LogP contribution in [0, 0.1) is 0 Å². The molecule has 0 aromatic heterocycles. The van der Waals surface area contributed by atoms with Gasteiger partial charge in [-0.05, 0) is 107 Å². The molecule has 9 heteroatoms. The van der Waals surface area contributed by atoms with Crippen LogP contribution in [-0.2, 0) is 4.79 Å². The number of halogens is 2. The number of hydrogen-bond acceptors (Lipinski definition) is 6. The number of amides is 1. The number of aliphatic imine (C=N–C) groups is 1. The number of piperidine rings is 2. The number of carbonyl (C=O) groups is 1. The second-order valence-corrected chi connectivity index (χ2v) is 14.2. The van der Waals surface area contributed by atoms with Crippen LogP contribution in [0.1, 0.15) is 74.7 Å². The van der Waals surface area contributed by atoms with E-state index in [0.717, 1.165) is 77.4 Å². The Bertz CT molecular complexity index is 1510. The van der Waals surface area contributed by atoms with Crippen molar-refractivity contribution < 1.29 is 14.3 Å². The maximum atomic E-state index is 15.3. The molecule has 3 atom stereocenters. The largest absolute Gasteiger partial charge is 0.497 e. The number of nitrogens with one attached hydrogen (secondary N) is 1. The molecule has 3 heterocycles. The van der Waals surface area contributed by atoms with Crippen molar-refractivity contribution in [2.24, 2.45) is 4.99 Å². The Hall–Kier alpha value is -2.72. The van der Waals surface area contributed by atoms with Gasteiger partial charge in [-0.25, -0.2) is 0 Å². The number of methoxy groups -OCH3 is 1. The van der Waals surface area contributed by atoms with E-state index in [2.05, 4.69) is 78.5 Å². The lowest BCUT2D eigenvalue weighted by Crippen LogP contribution is -2.57. The molecular weight excluding hydrogens is 696 g/mol. The second kappa shape index (κ2) is 14.4. The summed E-state index contributed by atoms with van der Waals surface area (Å²) in [5.41, 5.74) is 2.89. The molecule has 1 amide bonds. The van der Waals surface area contributed by atoms with Crippen LogP contribution in [0.3, 0.4) is 0 Å². The fourth-order valence-corrected chi connectivity index (χ4v) is 7.54. The molecule has 3 aliphatic heterocycles. The van der Waals surface area contributed by atoms with E-state index >= 15 is 4.79 Å². The van der Waals surface area contributed by atoms with E-state index in [-0.39, 0.29) is 30.1 Å². The molecule has 1 N–H and O–H groups in total. The number of hydrogen-bond donors (Lipinski definition) is 1. The molecule has 238 valence electrons. The number of rotatable bonds is 8. The van der Waals surface area contributed by atoms with Gasteiger partial charge in [0, 0.05) is 21.1 Å². The van der Waals surface area contributed by atoms with E-state index in [1.54, 1.807) is 7.11 Å². The molecule has 0 spiro atoms. The SMILES string of the molecule is COc1ccc(C2=NC(c3ccc(Br)cc3)C(c3ccc(Br)cc3)N2C(=O)C2CCCCN2C2CCNCC2)c(OC(C)C)c1. The van der Waals surface area contributed by atoms with Gasteiger partial charge in [0.15, 0.2) is 0 Å². The van der Waals surface area contributed by atoms with Crippen molar-refractivity contribution >= 4 is 43.6 Å². The van der Waals surface area contributed by atoms with Gasteiger partial charge in [0.2, 0.25) is 5.91 Å². The summed E-state index contributed by atoms with van der Waals surface area (Å²) in [6.07, 6.45) is 5.07. The Kier molecular flexibility index (Phi) is 10.3. The molecule has 3 aliphatic rings. The molecule has 3 aromatic carbocycles. The first kappa shape index (κ1) is 32.2. The highest BCUT2D eigenvalue weighted by molar-refractivity contribution is 9.10. The van der Waals surface area contributed by atoms with Crippen molar-refractivity contribution in [2.45, 2.75) is 76.2 Å². The number of amidine groups is 1. The van der Waals surface area contributed by atoms with E-state index in [0.29, 0.717) is 23.4 Å². The number of nitrogens with zero attached hydrogens (tertiary/aromatic N) is 3. The molecule has 0 bridgehead atoms. The first-order chi connectivity index (χ1) is 21.8. The standard InChI is InChI=1S/C36H42Br2N4O3/c1-23(2)45-32-22-29(44-3)15-16-30(32)35-40-33(24-7-11-26(37)12-8-24)34(25-9-13-27(38)14-10-25)42(35)36(43)31-6-4-5-21-41(31)28-17-19-39-20-18-28/h7-16,22-23,28,31,33-34,39H,4-6,17-21H2,1-3H3. The molecule has 7 nitrogen and oxygen atoms in total. The summed E-state index contributed by atoms with van der Waals surface area (Å²) in [7, 11) is 1.66. The highest BCUT2D eigenvalue weighted by Gasteiger charge is 2.47. The Morgan fingerprint density at radius 1 is 0.911 bits per heavy atom. The van der Waals surface area contributed by atoms with Crippen molar-refractivity contribution in [3.63, 3.8) is 0 Å². The normalized spacial score (nSPS) is 22.8. The predicted octanol–water partition coefficient (Wildman–Crippen LogP) is 7.69. The highest BCUT2D eigenvalue weighted by Crippen LogP contribution is 2.46. The third-order valence-corrected chi connectivity index (χ3v) is 10.2. The minimum Gasteiger partial charge on any atom is -0.497 e. The number of ether oxygens (including phenoxy) is 2. The lowest BCUT2D eigenvalue weighted by Gasteiger charge is -2.44. The van der Waals surface area contributed by atoms with Crippen LogP contribution in [0.15, 0.2) is 80.7 Å². The highest BCUT2D eigenvalue weighted by atomic mass is 79.9.